The summed E-state index contributed by atoms with van der Waals surface area (Å²) >= 11 is 3.04. The molecule has 0 radical (unpaired) electrons. The Morgan fingerprint density at radius 1 is 1.19 bits per heavy atom. The number of alkyl halides is 3. The molecular formula is C19H27BrF3NO3. The van der Waals surface area contributed by atoms with Crippen LogP contribution in [-0.4, -0.2) is 23.8 Å². The van der Waals surface area contributed by atoms with Crippen molar-refractivity contribution in [2.45, 2.75) is 65.3 Å². The van der Waals surface area contributed by atoms with E-state index in [4.69, 9.17) is 9.47 Å². The molecule has 1 aromatic carbocycles. The van der Waals surface area contributed by atoms with E-state index < -0.39 is 29.0 Å². The maximum Gasteiger partial charge on any atom is 0.420 e. The topological polar surface area (TPSA) is 47.6 Å². The molecule has 0 aromatic heterocycles. The molecule has 0 saturated heterocycles. The molecular weight excluding hydrogens is 427 g/mol. The molecule has 1 N–H and O–H groups in total. The van der Waals surface area contributed by atoms with Crippen molar-refractivity contribution >= 4 is 22.0 Å². The number of halogens is 4. The van der Waals surface area contributed by atoms with Crippen LogP contribution in [0.15, 0.2) is 22.7 Å². The van der Waals surface area contributed by atoms with E-state index in [-0.39, 0.29) is 18.3 Å². The fraction of sp³-hybridized carbons (Fsp3) is 0.632. The van der Waals surface area contributed by atoms with Crippen molar-refractivity contribution in [1.29, 1.82) is 0 Å². The van der Waals surface area contributed by atoms with Gasteiger partial charge in [0.25, 0.3) is 0 Å². The Morgan fingerprint density at radius 3 is 2.26 bits per heavy atom. The van der Waals surface area contributed by atoms with E-state index in [0.717, 1.165) is 6.07 Å². The number of nitrogens with one attached hydrogen (secondary N) is 1. The average Bonchev–Trinajstić information content (AvgIpc) is 2.41. The van der Waals surface area contributed by atoms with Crippen molar-refractivity contribution in [3.05, 3.63) is 28.2 Å². The summed E-state index contributed by atoms with van der Waals surface area (Å²) in [6.45, 7) is 10.7. The van der Waals surface area contributed by atoms with Gasteiger partial charge in [0.05, 0.1) is 11.1 Å². The van der Waals surface area contributed by atoms with E-state index >= 15 is 0 Å². The lowest BCUT2D eigenvalue weighted by atomic mass is 9.91. The first-order chi connectivity index (χ1) is 12.1. The first-order valence-electron chi connectivity index (χ1n) is 8.62. The lowest BCUT2D eigenvalue weighted by molar-refractivity contribution is -0.139. The number of rotatable bonds is 6. The average molecular weight is 454 g/mol. The Bertz CT molecular complexity index is 657. The van der Waals surface area contributed by atoms with Crippen LogP contribution < -0.4 is 10.1 Å². The van der Waals surface area contributed by atoms with Crippen molar-refractivity contribution in [3.8, 4) is 5.75 Å². The van der Waals surface area contributed by atoms with E-state index in [1.807, 2.05) is 13.8 Å². The van der Waals surface area contributed by atoms with Gasteiger partial charge < -0.3 is 14.8 Å². The van der Waals surface area contributed by atoms with E-state index in [2.05, 4.69) is 21.2 Å². The molecule has 0 aliphatic heterocycles. The summed E-state index contributed by atoms with van der Waals surface area (Å²) in [5, 5.41) is 2.74. The van der Waals surface area contributed by atoms with Crippen LogP contribution in [0.3, 0.4) is 0 Å². The van der Waals surface area contributed by atoms with E-state index in [0.29, 0.717) is 10.9 Å². The maximum absolute atomic E-state index is 13.3. The Labute approximate surface area is 166 Å². The van der Waals surface area contributed by atoms with Crippen LogP contribution in [0.5, 0.6) is 5.75 Å². The van der Waals surface area contributed by atoms with Gasteiger partial charge in [-0.15, -0.1) is 0 Å². The largest absolute Gasteiger partial charge is 0.491 e. The third-order valence-corrected chi connectivity index (χ3v) is 3.95. The fourth-order valence-corrected chi connectivity index (χ4v) is 3.04. The van der Waals surface area contributed by atoms with Gasteiger partial charge in [0.2, 0.25) is 0 Å². The van der Waals surface area contributed by atoms with Gasteiger partial charge in [-0.1, -0.05) is 29.8 Å². The minimum absolute atomic E-state index is 0.130. The highest BCUT2D eigenvalue weighted by molar-refractivity contribution is 9.10. The number of carbonyl (C=O) groups excluding carboxylic acids is 1. The number of alkyl carbamates (subject to hydrolysis) is 1. The first-order valence-corrected chi connectivity index (χ1v) is 9.41. The number of carbonyl (C=O) groups is 1. The van der Waals surface area contributed by atoms with Gasteiger partial charge in [0.15, 0.2) is 0 Å². The van der Waals surface area contributed by atoms with Crippen molar-refractivity contribution < 1.29 is 27.4 Å². The highest BCUT2D eigenvalue weighted by Crippen LogP contribution is 2.38. The lowest BCUT2D eigenvalue weighted by Gasteiger charge is -2.33. The monoisotopic (exact) mass is 453 g/mol. The van der Waals surface area contributed by atoms with Crippen LogP contribution in [0, 0.1) is 5.92 Å². The molecule has 0 saturated carbocycles. The molecule has 1 atom stereocenters. The van der Waals surface area contributed by atoms with Crippen LogP contribution in [0.4, 0.5) is 18.0 Å². The summed E-state index contributed by atoms with van der Waals surface area (Å²) in [4.78, 5) is 12.2. The molecule has 1 unspecified atom stereocenters. The Hall–Kier alpha value is -1.44. The highest BCUT2D eigenvalue weighted by atomic mass is 79.9. The minimum Gasteiger partial charge on any atom is -0.491 e. The molecule has 154 valence electrons. The lowest BCUT2D eigenvalue weighted by Crippen LogP contribution is -2.52. The normalized spacial score (nSPS) is 14.6. The summed E-state index contributed by atoms with van der Waals surface area (Å²) in [5.74, 6) is -0.104. The summed E-state index contributed by atoms with van der Waals surface area (Å²) in [7, 11) is 0. The zero-order valence-corrected chi connectivity index (χ0v) is 18.0. The number of hydrogen-bond donors (Lipinski definition) is 1. The second kappa shape index (κ2) is 8.71. The van der Waals surface area contributed by atoms with Gasteiger partial charge in [-0.05, 0) is 58.2 Å². The van der Waals surface area contributed by atoms with Gasteiger partial charge in [0, 0.05) is 4.47 Å². The predicted octanol–water partition coefficient (Wildman–Crippen LogP) is 6.18. The molecule has 0 aliphatic rings. The van der Waals surface area contributed by atoms with E-state index in [9.17, 15) is 18.0 Å². The second-order valence-electron chi connectivity index (χ2n) is 8.21. The molecule has 0 fully saturated rings. The molecule has 0 spiro atoms. The van der Waals surface area contributed by atoms with Crippen LogP contribution in [0.2, 0.25) is 0 Å². The van der Waals surface area contributed by atoms with E-state index in [1.165, 1.54) is 12.1 Å². The van der Waals surface area contributed by atoms with Crippen molar-refractivity contribution in [3.63, 3.8) is 0 Å². The van der Waals surface area contributed by atoms with Gasteiger partial charge in [0.1, 0.15) is 18.0 Å². The first kappa shape index (κ1) is 23.6. The SMILES string of the molecule is CC(C)CC(C)(COc1ccc(Br)cc1C(F)(F)F)NC(=O)OC(C)(C)C. The number of ether oxygens (including phenoxy) is 2. The standard InChI is InChI=1S/C19H27BrF3NO3/c1-12(2)10-18(6,24-16(25)27-17(3,4)5)11-26-15-8-7-13(20)9-14(15)19(21,22)23/h7-9,12H,10-11H2,1-6H3,(H,24,25). The third kappa shape index (κ3) is 8.41. The summed E-state index contributed by atoms with van der Waals surface area (Å²) < 4.78 is 50.9. The molecule has 1 rings (SSSR count). The Kier molecular flexibility index (Phi) is 7.61. The van der Waals surface area contributed by atoms with Gasteiger partial charge >= 0.3 is 12.3 Å². The van der Waals surface area contributed by atoms with Gasteiger partial charge in [-0.3, -0.25) is 0 Å². The zero-order valence-electron chi connectivity index (χ0n) is 16.5. The molecule has 0 heterocycles. The summed E-state index contributed by atoms with van der Waals surface area (Å²) in [5.41, 5.74) is -2.45. The van der Waals surface area contributed by atoms with Crippen molar-refractivity contribution in [1.82, 2.24) is 5.32 Å². The van der Waals surface area contributed by atoms with Crippen LogP contribution in [0.25, 0.3) is 0 Å². The highest BCUT2D eigenvalue weighted by Gasteiger charge is 2.36. The smallest absolute Gasteiger partial charge is 0.420 e. The van der Waals surface area contributed by atoms with E-state index in [1.54, 1.807) is 27.7 Å². The Balaban J connectivity index is 3.00. The zero-order chi connectivity index (χ0) is 21.0. The molecule has 1 aromatic rings. The second-order valence-corrected chi connectivity index (χ2v) is 9.13. The summed E-state index contributed by atoms with van der Waals surface area (Å²) in [6.07, 6.45) is -4.68. The molecule has 0 bridgehead atoms. The molecule has 4 nitrogen and oxygen atoms in total. The molecule has 8 heteroatoms. The van der Waals surface area contributed by atoms with Crippen molar-refractivity contribution in [2.24, 2.45) is 5.92 Å². The fourth-order valence-electron chi connectivity index (χ4n) is 2.68. The van der Waals surface area contributed by atoms with Gasteiger partial charge in [-0.25, -0.2) is 4.79 Å². The molecule has 1 amide bonds. The molecule has 27 heavy (non-hydrogen) atoms. The quantitative estimate of drug-likeness (QED) is 0.559. The van der Waals surface area contributed by atoms with Gasteiger partial charge in [-0.2, -0.15) is 13.2 Å². The van der Waals surface area contributed by atoms with Crippen molar-refractivity contribution in [2.75, 3.05) is 6.61 Å². The molecule has 0 aliphatic carbocycles. The number of amides is 1. The number of benzene rings is 1. The minimum atomic E-state index is -4.55. The predicted molar refractivity (Wildman–Crippen MR) is 102 cm³/mol. The maximum atomic E-state index is 13.3. The Morgan fingerprint density at radius 2 is 1.78 bits per heavy atom. The third-order valence-electron chi connectivity index (χ3n) is 3.45. The van der Waals surface area contributed by atoms with Crippen LogP contribution in [-0.2, 0) is 10.9 Å². The van der Waals surface area contributed by atoms with Crippen LogP contribution >= 0.6 is 15.9 Å². The van der Waals surface area contributed by atoms with Crippen LogP contribution in [0.1, 0.15) is 53.5 Å². The summed E-state index contributed by atoms with van der Waals surface area (Å²) in [6, 6.07) is 3.71. The number of hydrogen-bond acceptors (Lipinski definition) is 3.